The number of benzene rings is 2. The molecule has 6 rings (SSSR count). The summed E-state index contributed by atoms with van der Waals surface area (Å²) in [6, 6.07) is 8.15. The van der Waals surface area contributed by atoms with Crippen molar-refractivity contribution in [1.82, 2.24) is 25.3 Å². The van der Waals surface area contributed by atoms with Crippen LogP contribution < -0.4 is 15.8 Å². The number of aryl methyl sites for hydroxylation is 1. The second-order valence-corrected chi connectivity index (χ2v) is 12.2. The minimum Gasteiger partial charge on any atom is -0.444 e. The highest BCUT2D eigenvalue weighted by Crippen LogP contribution is 2.53. The predicted octanol–water partition coefficient (Wildman–Crippen LogP) is 6.20. The van der Waals surface area contributed by atoms with E-state index in [0.717, 1.165) is 12.8 Å². The molecule has 4 aromatic rings. The van der Waals surface area contributed by atoms with E-state index in [1.807, 2.05) is 0 Å². The third-order valence-electron chi connectivity index (χ3n) is 7.74. The fraction of sp³-hybridized carbons (Fsp3) is 0.367. The SMILES string of the molecule is Cn1ncc(-c2ccc3c(=O)[nH]nc(CNC(=O)OC(C)(C)C)c3c2)c1N1C(=O)OC2(CCCC2)c2c1ccc(Cl)c2F. The topological polar surface area (TPSA) is 131 Å². The molecule has 0 unspecified atom stereocenters. The van der Waals surface area contributed by atoms with Gasteiger partial charge in [0.1, 0.15) is 17.0 Å². The molecular formula is C30H30ClFN6O5. The Kier molecular flexibility index (Phi) is 6.91. The molecule has 43 heavy (non-hydrogen) atoms. The number of carbonyl (C=O) groups is 2. The van der Waals surface area contributed by atoms with E-state index < -0.39 is 34.8 Å². The molecule has 2 N–H and O–H groups in total. The van der Waals surface area contributed by atoms with Gasteiger partial charge in [-0.2, -0.15) is 10.2 Å². The van der Waals surface area contributed by atoms with Gasteiger partial charge in [0.25, 0.3) is 5.56 Å². The van der Waals surface area contributed by atoms with Gasteiger partial charge in [-0.3, -0.25) is 9.48 Å². The number of hydrogen-bond donors (Lipinski definition) is 2. The molecule has 3 heterocycles. The third kappa shape index (κ3) is 4.99. The van der Waals surface area contributed by atoms with Crippen molar-refractivity contribution in [2.45, 2.75) is 64.2 Å². The molecule has 1 aliphatic carbocycles. The van der Waals surface area contributed by atoms with Gasteiger partial charge in [-0.25, -0.2) is 24.0 Å². The van der Waals surface area contributed by atoms with Crippen LogP contribution >= 0.6 is 11.6 Å². The predicted molar refractivity (Wildman–Crippen MR) is 158 cm³/mol. The number of alkyl carbamates (subject to hydrolysis) is 1. The van der Waals surface area contributed by atoms with Crippen LogP contribution in [-0.4, -0.2) is 37.8 Å². The van der Waals surface area contributed by atoms with Crippen molar-refractivity contribution in [3.05, 3.63) is 69.0 Å². The molecule has 1 spiro atoms. The summed E-state index contributed by atoms with van der Waals surface area (Å²) < 4.78 is 28.5. The zero-order valence-electron chi connectivity index (χ0n) is 24.1. The number of aromatic nitrogens is 4. The molecular weight excluding hydrogens is 579 g/mol. The van der Waals surface area contributed by atoms with Crippen LogP contribution in [-0.2, 0) is 28.7 Å². The van der Waals surface area contributed by atoms with Crippen LogP contribution in [0, 0.1) is 5.82 Å². The van der Waals surface area contributed by atoms with E-state index in [9.17, 15) is 14.4 Å². The molecule has 2 amide bonds. The van der Waals surface area contributed by atoms with Crippen molar-refractivity contribution < 1.29 is 23.5 Å². The molecule has 0 radical (unpaired) electrons. The van der Waals surface area contributed by atoms with Crippen LogP contribution in [0.15, 0.2) is 41.3 Å². The average Bonchev–Trinajstić information content (AvgIpc) is 3.56. The monoisotopic (exact) mass is 608 g/mol. The number of aromatic amines is 1. The summed E-state index contributed by atoms with van der Waals surface area (Å²) in [6.45, 7) is 5.25. The smallest absolute Gasteiger partial charge is 0.421 e. The highest BCUT2D eigenvalue weighted by molar-refractivity contribution is 6.31. The minimum absolute atomic E-state index is 0.0144. The number of ether oxygens (including phenoxy) is 2. The van der Waals surface area contributed by atoms with Crippen LogP contribution in [0.3, 0.4) is 0 Å². The summed E-state index contributed by atoms with van der Waals surface area (Å²) >= 11 is 6.21. The summed E-state index contributed by atoms with van der Waals surface area (Å²) in [5, 5.41) is 14.5. The lowest BCUT2D eigenvalue weighted by Crippen LogP contribution is -2.44. The number of fused-ring (bicyclic) bond motifs is 3. The lowest BCUT2D eigenvalue weighted by Gasteiger charge is -2.40. The van der Waals surface area contributed by atoms with Crippen LogP contribution in [0.2, 0.25) is 5.02 Å². The van der Waals surface area contributed by atoms with Crippen molar-refractivity contribution in [3.8, 4) is 11.1 Å². The first kappa shape index (κ1) is 28.7. The Bertz CT molecular complexity index is 1840. The highest BCUT2D eigenvalue weighted by Gasteiger charge is 2.50. The largest absolute Gasteiger partial charge is 0.444 e. The molecule has 11 nitrogen and oxygen atoms in total. The van der Waals surface area contributed by atoms with Crippen LogP contribution in [0.4, 0.5) is 25.5 Å². The Labute approximate surface area is 250 Å². The van der Waals surface area contributed by atoms with E-state index in [-0.39, 0.29) is 17.1 Å². The quantitative estimate of drug-likeness (QED) is 0.282. The molecule has 1 saturated carbocycles. The summed E-state index contributed by atoms with van der Waals surface area (Å²) in [7, 11) is 1.67. The third-order valence-corrected chi connectivity index (χ3v) is 8.03. The van der Waals surface area contributed by atoms with Gasteiger partial charge in [0.2, 0.25) is 0 Å². The second kappa shape index (κ2) is 10.4. The van der Waals surface area contributed by atoms with Crippen LogP contribution in [0.5, 0.6) is 0 Å². The maximum absolute atomic E-state index is 15.7. The molecule has 2 aromatic carbocycles. The van der Waals surface area contributed by atoms with Crippen molar-refractivity contribution in [1.29, 1.82) is 0 Å². The van der Waals surface area contributed by atoms with Crippen molar-refractivity contribution in [2.24, 2.45) is 7.05 Å². The average molecular weight is 609 g/mol. The number of carbonyl (C=O) groups excluding carboxylic acids is 2. The lowest BCUT2D eigenvalue weighted by atomic mass is 9.88. The van der Waals surface area contributed by atoms with Gasteiger partial charge in [-0.1, -0.05) is 17.7 Å². The Morgan fingerprint density at radius 3 is 2.65 bits per heavy atom. The van der Waals surface area contributed by atoms with Gasteiger partial charge < -0.3 is 14.8 Å². The standard InChI is InChI=1S/C30H30ClFN6O5/c1-29(2,3)42-27(40)33-15-21-18-13-16(7-8-17(18)25(39)36-35-21)19-14-34-37(4)26(19)38-22-10-9-20(31)24(32)23(22)30(43-28(38)41)11-5-6-12-30/h7-10,13-14H,5-6,11-12,15H2,1-4H3,(H,33,40)(H,36,39). The zero-order chi connectivity index (χ0) is 30.7. The summed E-state index contributed by atoms with van der Waals surface area (Å²) in [5.74, 6) is -0.271. The van der Waals surface area contributed by atoms with Gasteiger partial charge in [0.15, 0.2) is 5.82 Å². The highest BCUT2D eigenvalue weighted by atomic mass is 35.5. The van der Waals surface area contributed by atoms with Gasteiger partial charge in [0, 0.05) is 18.0 Å². The Hall–Kier alpha value is -4.45. The first-order valence-corrected chi connectivity index (χ1v) is 14.3. The number of anilines is 2. The van der Waals surface area contributed by atoms with Gasteiger partial charge in [-0.05, 0) is 76.3 Å². The Balaban J connectivity index is 1.45. The summed E-state index contributed by atoms with van der Waals surface area (Å²) in [4.78, 5) is 39.9. The van der Waals surface area contributed by atoms with Gasteiger partial charge >= 0.3 is 12.2 Å². The molecule has 1 fully saturated rings. The molecule has 2 aromatic heterocycles. The van der Waals surface area contributed by atoms with Crippen molar-refractivity contribution in [3.63, 3.8) is 0 Å². The number of amides is 2. The summed E-state index contributed by atoms with van der Waals surface area (Å²) in [5.41, 5.74) is -0.0496. The maximum Gasteiger partial charge on any atom is 0.421 e. The number of halogens is 2. The van der Waals surface area contributed by atoms with Gasteiger partial charge in [0.05, 0.1) is 40.1 Å². The van der Waals surface area contributed by atoms with E-state index in [1.54, 1.807) is 58.3 Å². The fourth-order valence-electron chi connectivity index (χ4n) is 5.91. The van der Waals surface area contributed by atoms with Crippen LogP contribution in [0.25, 0.3) is 21.9 Å². The number of nitrogens with one attached hydrogen (secondary N) is 2. The molecule has 1 aliphatic heterocycles. The Morgan fingerprint density at radius 2 is 1.93 bits per heavy atom. The lowest BCUT2D eigenvalue weighted by molar-refractivity contribution is 0.00982. The van der Waals surface area contributed by atoms with E-state index in [1.165, 1.54) is 15.6 Å². The first-order valence-electron chi connectivity index (χ1n) is 13.9. The number of nitrogens with zero attached hydrogens (tertiary/aromatic N) is 4. The molecule has 224 valence electrons. The number of hydrogen-bond acceptors (Lipinski definition) is 7. The zero-order valence-corrected chi connectivity index (χ0v) is 24.8. The summed E-state index contributed by atoms with van der Waals surface area (Å²) in [6.07, 6.45) is 2.89. The van der Waals surface area contributed by atoms with E-state index in [2.05, 4.69) is 20.6 Å². The van der Waals surface area contributed by atoms with E-state index >= 15 is 4.39 Å². The number of H-pyrrole nitrogens is 1. The van der Waals surface area contributed by atoms with Gasteiger partial charge in [-0.15, -0.1) is 0 Å². The second-order valence-electron chi connectivity index (χ2n) is 11.8. The molecule has 2 aliphatic rings. The van der Waals surface area contributed by atoms with Crippen molar-refractivity contribution in [2.75, 3.05) is 4.90 Å². The molecule has 13 heteroatoms. The first-order chi connectivity index (χ1) is 20.4. The fourth-order valence-corrected chi connectivity index (χ4v) is 6.07. The molecule has 0 saturated heterocycles. The number of rotatable bonds is 4. The normalized spacial score (nSPS) is 16.0. The Morgan fingerprint density at radius 1 is 1.19 bits per heavy atom. The minimum atomic E-state index is -1.08. The van der Waals surface area contributed by atoms with Crippen molar-refractivity contribution >= 4 is 46.1 Å². The maximum atomic E-state index is 15.7. The van der Waals surface area contributed by atoms with Crippen LogP contribution in [0.1, 0.15) is 57.7 Å². The van der Waals surface area contributed by atoms with E-state index in [0.29, 0.717) is 51.9 Å². The molecule has 0 bridgehead atoms. The van der Waals surface area contributed by atoms with E-state index in [4.69, 9.17) is 21.1 Å². The molecule has 0 atom stereocenters.